The van der Waals surface area contributed by atoms with Crippen LogP contribution in [0.1, 0.15) is 36.1 Å². The SMILES string of the molecule is CCc1ccc2c(c1)C(NCCc1ccccc1)CCO2. The second-order valence-corrected chi connectivity index (χ2v) is 5.61. The molecule has 3 rings (SSSR count). The fraction of sp³-hybridized carbons (Fsp3) is 0.368. The topological polar surface area (TPSA) is 21.3 Å². The summed E-state index contributed by atoms with van der Waals surface area (Å²) in [5, 5.41) is 3.70. The highest BCUT2D eigenvalue weighted by Gasteiger charge is 2.20. The monoisotopic (exact) mass is 281 g/mol. The Morgan fingerprint density at radius 3 is 2.76 bits per heavy atom. The third kappa shape index (κ3) is 3.45. The lowest BCUT2D eigenvalue weighted by Crippen LogP contribution is -2.28. The average molecular weight is 281 g/mol. The Morgan fingerprint density at radius 1 is 1.10 bits per heavy atom. The van der Waals surface area contributed by atoms with Crippen LogP contribution in [0, 0.1) is 0 Å². The van der Waals surface area contributed by atoms with Crippen LogP contribution in [-0.4, -0.2) is 13.2 Å². The molecule has 21 heavy (non-hydrogen) atoms. The van der Waals surface area contributed by atoms with Crippen LogP contribution in [0.3, 0.4) is 0 Å². The van der Waals surface area contributed by atoms with Gasteiger partial charge in [0.15, 0.2) is 0 Å². The highest BCUT2D eigenvalue weighted by atomic mass is 16.5. The van der Waals surface area contributed by atoms with Crippen molar-refractivity contribution in [1.29, 1.82) is 0 Å². The Kier molecular flexibility index (Phi) is 4.56. The lowest BCUT2D eigenvalue weighted by atomic mass is 9.97. The molecule has 2 nitrogen and oxygen atoms in total. The summed E-state index contributed by atoms with van der Waals surface area (Å²) in [6.45, 7) is 4.01. The van der Waals surface area contributed by atoms with Gasteiger partial charge >= 0.3 is 0 Å². The number of hydrogen-bond acceptors (Lipinski definition) is 2. The van der Waals surface area contributed by atoms with Crippen LogP contribution in [0.4, 0.5) is 0 Å². The van der Waals surface area contributed by atoms with Gasteiger partial charge in [-0.1, -0.05) is 49.4 Å². The Balaban J connectivity index is 1.64. The van der Waals surface area contributed by atoms with E-state index in [1.54, 1.807) is 0 Å². The fourth-order valence-electron chi connectivity index (χ4n) is 2.91. The van der Waals surface area contributed by atoms with Gasteiger partial charge in [0.1, 0.15) is 5.75 Å². The smallest absolute Gasteiger partial charge is 0.124 e. The Morgan fingerprint density at radius 2 is 1.95 bits per heavy atom. The van der Waals surface area contributed by atoms with Crippen LogP contribution in [0.2, 0.25) is 0 Å². The molecule has 1 unspecified atom stereocenters. The maximum atomic E-state index is 5.78. The van der Waals surface area contributed by atoms with E-state index in [2.05, 4.69) is 60.8 Å². The van der Waals surface area contributed by atoms with Crippen LogP contribution < -0.4 is 10.1 Å². The van der Waals surface area contributed by atoms with Crippen molar-refractivity contribution in [3.63, 3.8) is 0 Å². The van der Waals surface area contributed by atoms with Gasteiger partial charge in [0.05, 0.1) is 6.61 Å². The molecule has 0 fully saturated rings. The predicted molar refractivity (Wildman–Crippen MR) is 86.8 cm³/mol. The van der Waals surface area contributed by atoms with E-state index in [0.717, 1.165) is 38.2 Å². The van der Waals surface area contributed by atoms with Gasteiger partial charge in [-0.15, -0.1) is 0 Å². The fourth-order valence-corrected chi connectivity index (χ4v) is 2.91. The van der Waals surface area contributed by atoms with Gasteiger partial charge in [0.2, 0.25) is 0 Å². The number of nitrogens with one attached hydrogen (secondary N) is 1. The Bertz CT molecular complexity index is 579. The Hall–Kier alpha value is -1.80. The molecular weight excluding hydrogens is 258 g/mol. The molecule has 110 valence electrons. The number of rotatable bonds is 5. The van der Waals surface area contributed by atoms with Gasteiger partial charge in [0, 0.05) is 18.0 Å². The summed E-state index contributed by atoms with van der Waals surface area (Å²) in [5.74, 6) is 1.05. The summed E-state index contributed by atoms with van der Waals surface area (Å²) in [6, 6.07) is 17.7. The number of hydrogen-bond donors (Lipinski definition) is 1. The minimum absolute atomic E-state index is 0.420. The molecule has 0 radical (unpaired) electrons. The molecule has 2 aromatic rings. The van der Waals surface area contributed by atoms with E-state index in [0.29, 0.717) is 6.04 Å². The van der Waals surface area contributed by atoms with Gasteiger partial charge in [-0.2, -0.15) is 0 Å². The molecule has 0 saturated heterocycles. The maximum absolute atomic E-state index is 5.78. The highest BCUT2D eigenvalue weighted by molar-refractivity contribution is 5.40. The quantitative estimate of drug-likeness (QED) is 0.897. The lowest BCUT2D eigenvalue weighted by molar-refractivity contribution is 0.253. The van der Waals surface area contributed by atoms with E-state index in [1.807, 2.05) is 0 Å². The van der Waals surface area contributed by atoms with Gasteiger partial charge in [-0.3, -0.25) is 0 Å². The summed E-state index contributed by atoms with van der Waals surface area (Å²) in [7, 11) is 0. The van der Waals surface area contributed by atoms with Gasteiger partial charge < -0.3 is 10.1 Å². The first-order chi connectivity index (χ1) is 10.4. The number of aryl methyl sites for hydroxylation is 1. The highest BCUT2D eigenvalue weighted by Crippen LogP contribution is 2.32. The van der Waals surface area contributed by atoms with E-state index in [4.69, 9.17) is 4.74 Å². The molecule has 0 aliphatic carbocycles. The zero-order valence-electron chi connectivity index (χ0n) is 12.6. The van der Waals surface area contributed by atoms with E-state index < -0.39 is 0 Å². The molecular formula is C19H23NO. The van der Waals surface area contributed by atoms with E-state index in [9.17, 15) is 0 Å². The largest absolute Gasteiger partial charge is 0.493 e. The van der Waals surface area contributed by atoms with Crippen LogP contribution in [0.25, 0.3) is 0 Å². The molecule has 1 aliphatic rings. The summed E-state index contributed by atoms with van der Waals surface area (Å²) >= 11 is 0. The molecule has 0 aromatic heterocycles. The molecule has 0 bridgehead atoms. The summed E-state index contributed by atoms with van der Waals surface area (Å²) < 4.78 is 5.78. The predicted octanol–water partition coefficient (Wildman–Crippen LogP) is 3.90. The molecule has 2 heteroatoms. The van der Waals surface area contributed by atoms with Crippen molar-refractivity contribution in [2.24, 2.45) is 0 Å². The molecule has 1 atom stereocenters. The molecule has 1 N–H and O–H groups in total. The van der Waals surface area contributed by atoms with Crippen molar-refractivity contribution < 1.29 is 4.74 Å². The molecule has 1 heterocycles. The molecule has 1 aliphatic heterocycles. The van der Waals surface area contributed by atoms with Crippen LogP contribution in [0.5, 0.6) is 5.75 Å². The van der Waals surface area contributed by atoms with Gasteiger partial charge in [-0.05, 0) is 36.6 Å². The normalized spacial score (nSPS) is 17.1. The van der Waals surface area contributed by atoms with E-state index >= 15 is 0 Å². The molecule has 2 aromatic carbocycles. The number of ether oxygens (including phenoxy) is 1. The third-order valence-electron chi connectivity index (χ3n) is 4.17. The zero-order chi connectivity index (χ0) is 14.5. The number of fused-ring (bicyclic) bond motifs is 1. The second kappa shape index (κ2) is 6.77. The minimum Gasteiger partial charge on any atom is -0.493 e. The lowest BCUT2D eigenvalue weighted by Gasteiger charge is -2.27. The number of benzene rings is 2. The Labute approximate surface area is 127 Å². The molecule has 0 saturated carbocycles. The maximum Gasteiger partial charge on any atom is 0.124 e. The van der Waals surface area contributed by atoms with Gasteiger partial charge in [-0.25, -0.2) is 0 Å². The average Bonchev–Trinajstić information content (AvgIpc) is 2.55. The van der Waals surface area contributed by atoms with Crippen LogP contribution in [0.15, 0.2) is 48.5 Å². The van der Waals surface area contributed by atoms with Crippen molar-refractivity contribution in [3.05, 3.63) is 65.2 Å². The van der Waals surface area contributed by atoms with Crippen molar-refractivity contribution in [3.8, 4) is 5.75 Å². The molecule has 0 spiro atoms. The van der Waals surface area contributed by atoms with Crippen molar-refractivity contribution in [1.82, 2.24) is 5.32 Å². The summed E-state index contributed by atoms with van der Waals surface area (Å²) in [6.07, 6.45) is 3.19. The van der Waals surface area contributed by atoms with E-state index in [-0.39, 0.29) is 0 Å². The van der Waals surface area contributed by atoms with Crippen molar-refractivity contribution in [2.75, 3.05) is 13.2 Å². The summed E-state index contributed by atoms with van der Waals surface area (Å²) in [5.41, 5.74) is 4.10. The second-order valence-electron chi connectivity index (χ2n) is 5.61. The first kappa shape index (κ1) is 14.2. The summed E-state index contributed by atoms with van der Waals surface area (Å²) in [4.78, 5) is 0. The van der Waals surface area contributed by atoms with E-state index in [1.165, 1.54) is 16.7 Å². The van der Waals surface area contributed by atoms with Crippen molar-refractivity contribution >= 4 is 0 Å². The van der Waals surface area contributed by atoms with Gasteiger partial charge in [0.25, 0.3) is 0 Å². The van der Waals surface area contributed by atoms with Crippen molar-refractivity contribution in [2.45, 2.75) is 32.2 Å². The third-order valence-corrected chi connectivity index (χ3v) is 4.17. The first-order valence-corrected chi connectivity index (χ1v) is 7.89. The first-order valence-electron chi connectivity index (χ1n) is 7.89. The molecule has 0 amide bonds. The standard InChI is InChI=1S/C19H23NO/c1-2-15-8-9-19-17(14-15)18(11-13-21-19)20-12-10-16-6-4-3-5-7-16/h3-9,14,18,20H,2,10-13H2,1H3. The van der Waals surface area contributed by atoms with Crippen LogP contribution >= 0.6 is 0 Å². The zero-order valence-corrected chi connectivity index (χ0v) is 12.6. The minimum atomic E-state index is 0.420. The van der Waals surface area contributed by atoms with Crippen LogP contribution in [-0.2, 0) is 12.8 Å².